The molecule has 0 aliphatic rings. The van der Waals surface area contributed by atoms with Gasteiger partial charge in [-0.2, -0.15) is 0 Å². The van der Waals surface area contributed by atoms with Crippen molar-refractivity contribution in [2.24, 2.45) is 17.8 Å². The van der Waals surface area contributed by atoms with E-state index >= 15 is 0 Å². The average Bonchev–Trinajstić information content (AvgIpc) is 1.82. The van der Waals surface area contributed by atoms with Gasteiger partial charge < -0.3 is 0 Å². The summed E-state index contributed by atoms with van der Waals surface area (Å²) in [6.07, 6.45) is 1.45. The van der Waals surface area contributed by atoms with Crippen molar-refractivity contribution < 1.29 is 0 Å². The molecule has 0 saturated heterocycles. The fourth-order valence-electron chi connectivity index (χ4n) is 2.04. The predicted molar refractivity (Wildman–Crippen MR) is 65.9 cm³/mol. The molecule has 0 heterocycles. The summed E-state index contributed by atoms with van der Waals surface area (Å²) in [5.41, 5.74) is 0. The third-order valence-corrected chi connectivity index (χ3v) is 4.73. The summed E-state index contributed by atoms with van der Waals surface area (Å²) >= 11 is 0. The highest BCUT2D eigenvalue weighted by Gasteiger charge is 2.21. The molecule has 0 rings (SSSR count). The van der Waals surface area contributed by atoms with Crippen molar-refractivity contribution in [1.29, 1.82) is 0 Å². The monoisotopic (exact) mass is 200 g/mol. The van der Waals surface area contributed by atoms with Crippen molar-refractivity contribution in [3.8, 4) is 0 Å². The summed E-state index contributed by atoms with van der Waals surface area (Å²) in [5.74, 6) is 2.65. The highest BCUT2D eigenvalue weighted by atomic mass is 28.3. The van der Waals surface area contributed by atoms with E-state index in [2.05, 4.69) is 47.3 Å². The van der Waals surface area contributed by atoms with Crippen LogP contribution in [0.4, 0.5) is 0 Å². The topological polar surface area (TPSA) is 0 Å². The standard InChI is InChI=1S/C12H28Si/c1-10(2)12(11(3)4)8-9-13(5,6)7/h10-12H,8-9H2,1-7H3. The molecule has 0 aromatic rings. The SMILES string of the molecule is CC(C)C(CC[Si](C)(C)C)C(C)C. The molecule has 0 N–H and O–H groups in total. The quantitative estimate of drug-likeness (QED) is 0.567. The van der Waals surface area contributed by atoms with Gasteiger partial charge >= 0.3 is 0 Å². The molecule has 0 unspecified atom stereocenters. The summed E-state index contributed by atoms with van der Waals surface area (Å²) < 4.78 is 0. The third kappa shape index (κ3) is 6.31. The summed E-state index contributed by atoms with van der Waals surface area (Å²) in [6, 6.07) is 1.49. The van der Waals surface area contributed by atoms with Gasteiger partial charge in [0.05, 0.1) is 0 Å². The summed E-state index contributed by atoms with van der Waals surface area (Å²) in [6.45, 7) is 16.9. The van der Waals surface area contributed by atoms with E-state index < -0.39 is 8.07 Å². The summed E-state index contributed by atoms with van der Waals surface area (Å²) in [4.78, 5) is 0. The highest BCUT2D eigenvalue weighted by Crippen LogP contribution is 2.28. The first-order valence-corrected chi connectivity index (χ1v) is 9.44. The molecule has 0 spiro atoms. The van der Waals surface area contributed by atoms with E-state index in [4.69, 9.17) is 0 Å². The predicted octanol–water partition coefficient (Wildman–Crippen LogP) is 4.64. The first-order valence-electron chi connectivity index (χ1n) is 5.74. The van der Waals surface area contributed by atoms with Gasteiger partial charge in [-0.05, 0) is 17.8 Å². The normalized spacial score (nSPS) is 13.4. The fraction of sp³-hybridized carbons (Fsp3) is 1.00. The van der Waals surface area contributed by atoms with Crippen molar-refractivity contribution in [2.75, 3.05) is 0 Å². The second kappa shape index (κ2) is 5.19. The molecule has 0 aliphatic carbocycles. The van der Waals surface area contributed by atoms with E-state index in [1.54, 1.807) is 0 Å². The zero-order valence-corrected chi connectivity index (χ0v) is 11.6. The van der Waals surface area contributed by atoms with E-state index in [0.717, 1.165) is 17.8 Å². The molecule has 1 heteroatoms. The van der Waals surface area contributed by atoms with Crippen LogP contribution in [0.2, 0.25) is 25.7 Å². The van der Waals surface area contributed by atoms with Gasteiger partial charge in [0, 0.05) is 8.07 Å². The van der Waals surface area contributed by atoms with Gasteiger partial charge in [0.15, 0.2) is 0 Å². The Labute approximate surface area is 86.1 Å². The fourth-order valence-corrected chi connectivity index (χ4v) is 3.24. The van der Waals surface area contributed by atoms with Gasteiger partial charge in [-0.15, -0.1) is 0 Å². The number of rotatable bonds is 5. The Morgan fingerprint density at radius 2 is 1.23 bits per heavy atom. The van der Waals surface area contributed by atoms with Gasteiger partial charge in [-0.3, -0.25) is 0 Å². The molecule has 0 bridgehead atoms. The van der Waals surface area contributed by atoms with Gasteiger partial charge in [0.1, 0.15) is 0 Å². The van der Waals surface area contributed by atoms with Crippen molar-refractivity contribution in [1.82, 2.24) is 0 Å². The Hall–Kier alpha value is 0.217. The maximum absolute atomic E-state index is 2.48. The largest absolute Gasteiger partial charge is 0.0695 e. The summed E-state index contributed by atoms with van der Waals surface area (Å²) in [5, 5.41) is 0. The minimum absolute atomic E-state index is 0.812. The van der Waals surface area contributed by atoms with Crippen LogP contribution in [-0.4, -0.2) is 8.07 Å². The van der Waals surface area contributed by atoms with Crippen molar-refractivity contribution in [2.45, 2.75) is 59.8 Å². The molecule has 0 aromatic heterocycles. The van der Waals surface area contributed by atoms with Crippen LogP contribution >= 0.6 is 0 Å². The second-order valence-corrected chi connectivity index (χ2v) is 11.9. The van der Waals surface area contributed by atoms with Gasteiger partial charge in [0.2, 0.25) is 0 Å². The van der Waals surface area contributed by atoms with Crippen LogP contribution in [0.1, 0.15) is 34.1 Å². The highest BCUT2D eigenvalue weighted by molar-refractivity contribution is 6.76. The molecule has 13 heavy (non-hydrogen) atoms. The minimum atomic E-state index is -0.812. The van der Waals surface area contributed by atoms with Crippen molar-refractivity contribution in [3.63, 3.8) is 0 Å². The van der Waals surface area contributed by atoms with Crippen LogP contribution in [0.3, 0.4) is 0 Å². The lowest BCUT2D eigenvalue weighted by atomic mass is 9.84. The van der Waals surface area contributed by atoms with Gasteiger partial charge in [0.25, 0.3) is 0 Å². The van der Waals surface area contributed by atoms with E-state index in [1.165, 1.54) is 12.5 Å². The third-order valence-electron chi connectivity index (χ3n) is 2.94. The molecule has 80 valence electrons. The molecule has 0 aromatic carbocycles. The lowest BCUT2D eigenvalue weighted by Crippen LogP contribution is -2.24. The zero-order chi connectivity index (χ0) is 10.6. The Morgan fingerprint density at radius 3 is 1.46 bits per heavy atom. The number of hydrogen-bond acceptors (Lipinski definition) is 0. The van der Waals surface area contributed by atoms with Crippen molar-refractivity contribution in [3.05, 3.63) is 0 Å². The van der Waals surface area contributed by atoms with E-state index in [0.29, 0.717) is 0 Å². The van der Waals surface area contributed by atoms with Crippen LogP contribution in [0, 0.1) is 17.8 Å². The molecule has 0 fully saturated rings. The Bertz CT molecular complexity index is 123. The maximum atomic E-state index is 2.48. The van der Waals surface area contributed by atoms with Crippen LogP contribution in [0.15, 0.2) is 0 Å². The van der Waals surface area contributed by atoms with Crippen LogP contribution < -0.4 is 0 Å². The molecule has 0 saturated carbocycles. The molecule has 0 nitrogen and oxygen atoms in total. The van der Waals surface area contributed by atoms with E-state index in [-0.39, 0.29) is 0 Å². The molecule has 0 radical (unpaired) electrons. The molecule has 0 aliphatic heterocycles. The number of hydrogen-bond donors (Lipinski definition) is 0. The lowest BCUT2D eigenvalue weighted by Gasteiger charge is -2.27. The molecule has 0 atom stereocenters. The van der Waals surface area contributed by atoms with E-state index in [1.807, 2.05) is 0 Å². The second-order valence-electron chi connectivity index (χ2n) is 6.25. The lowest BCUT2D eigenvalue weighted by molar-refractivity contribution is 0.278. The Kier molecular flexibility index (Phi) is 5.27. The van der Waals surface area contributed by atoms with Gasteiger partial charge in [-0.1, -0.05) is 59.8 Å². The first-order chi connectivity index (χ1) is 5.74. The van der Waals surface area contributed by atoms with E-state index in [9.17, 15) is 0 Å². The smallest absolute Gasteiger partial charge is 0.0442 e. The molecular weight excluding hydrogens is 172 g/mol. The average molecular weight is 200 g/mol. The van der Waals surface area contributed by atoms with Crippen LogP contribution in [0.5, 0.6) is 0 Å². The first kappa shape index (κ1) is 13.2. The molecule has 0 amide bonds. The molecular formula is C12H28Si. The van der Waals surface area contributed by atoms with Crippen LogP contribution in [0.25, 0.3) is 0 Å². The maximum Gasteiger partial charge on any atom is 0.0442 e. The van der Waals surface area contributed by atoms with Crippen molar-refractivity contribution >= 4 is 8.07 Å². The summed E-state index contributed by atoms with van der Waals surface area (Å²) in [7, 11) is -0.812. The zero-order valence-electron chi connectivity index (χ0n) is 10.6. The van der Waals surface area contributed by atoms with Gasteiger partial charge in [-0.25, -0.2) is 0 Å². The van der Waals surface area contributed by atoms with Crippen LogP contribution in [-0.2, 0) is 0 Å². The Morgan fingerprint density at radius 1 is 0.846 bits per heavy atom. The Balaban J connectivity index is 3.98. The minimum Gasteiger partial charge on any atom is -0.0695 e.